The second-order valence-electron chi connectivity index (χ2n) is 6.35. The number of likely N-dealkylation sites (N-methyl/N-ethyl adjacent to an activating group) is 1. The van der Waals surface area contributed by atoms with Crippen molar-refractivity contribution in [3.05, 3.63) is 35.9 Å². The number of aliphatic hydroxyl groups excluding tert-OH is 1. The minimum Gasteiger partial charge on any atom is -0.386 e. The molecule has 2 saturated heterocycles. The molecule has 0 spiro atoms. The van der Waals surface area contributed by atoms with Gasteiger partial charge in [0.15, 0.2) is 0 Å². The number of aliphatic hydroxyl groups is 1. The van der Waals surface area contributed by atoms with Crippen LogP contribution < -0.4 is 0 Å². The summed E-state index contributed by atoms with van der Waals surface area (Å²) in [6.07, 6.45) is 0.894. The molecule has 3 rings (SSSR count). The van der Waals surface area contributed by atoms with Gasteiger partial charge in [0.2, 0.25) is 5.91 Å². The monoisotopic (exact) mass is 274 g/mol. The Bertz CT molecular complexity index is 529. The van der Waals surface area contributed by atoms with Gasteiger partial charge in [-0.15, -0.1) is 0 Å². The largest absolute Gasteiger partial charge is 0.386 e. The van der Waals surface area contributed by atoms with Gasteiger partial charge in [0.25, 0.3) is 0 Å². The Morgan fingerprint density at radius 1 is 1.25 bits per heavy atom. The molecule has 2 atom stereocenters. The molecule has 1 amide bonds. The minimum absolute atomic E-state index is 0.0383. The summed E-state index contributed by atoms with van der Waals surface area (Å²) in [5, 5.41) is 10.9. The van der Waals surface area contributed by atoms with Gasteiger partial charge in [-0.2, -0.15) is 0 Å². The number of benzene rings is 1. The zero-order valence-corrected chi connectivity index (χ0v) is 12.3. The van der Waals surface area contributed by atoms with Crippen LogP contribution in [0.1, 0.15) is 38.4 Å². The summed E-state index contributed by atoms with van der Waals surface area (Å²) < 4.78 is 0. The Morgan fingerprint density at radius 2 is 1.90 bits per heavy atom. The molecule has 0 radical (unpaired) electrons. The van der Waals surface area contributed by atoms with Crippen LogP contribution in [0.25, 0.3) is 0 Å². The highest BCUT2D eigenvalue weighted by Gasteiger charge is 2.65. The number of fused-ring (bicyclic) bond motifs is 1. The highest BCUT2D eigenvalue weighted by molar-refractivity contribution is 5.90. The van der Waals surface area contributed by atoms with Crippen molar-refractivity contribution < 1.29 is 9.90 Å². The highest BCUT2D eigenvalue weighted by atomic mass is 16.3. The molecule has 2 aliphatic heterocycles. The molecule has 4 nitrogen and oxygen atoms in total. The van der Waals surface area contributed by atoms with Crippen molar-refractivity contribution in [3.8, 4) is 0 Å². The molecule has 2 unspecified atom stereocenters. The Kier molecular flexibility index (Phi) is 2.92. The third-order valence-electron chi connectivity index (χ3n) is 5.15. The molecule has 20 heavy (non-hydrogen) atoms. The van der Waals surface area contributed by atoms with E-state index in [9.17, 15) is 9.90 Å². The van der Waals surface area contributed by atoms with Crippen molar-refractivity contribution in [2.75, 3.05) is 13.6 Å². The summed E-state index contributed by atoms with van der Waals surface area (Å²) in [4.78, 5) is 16.8. The second kappa shape index (κ2) is 4.30. The number of amides is 1. The van der Waals surface area contributed by atoms with Crippen LogP contribution in [0, 0.1) is 0 Å². The number of carbonyl (C=O) groups excluding carboxylic acids is 1. The summed E-state index contributed by atoms with van der Waals surface area (Å²) >= 11 is 0. The molecule has 0 aliphatic carbocycles. The predicted molar refractivity (Wildman–Crippen MR) is 76.9 cm³/mol. The Balaban J connectivity index is 2.08. The first-order valence-corrected chi connectivity index (χ1v) is 7.21. The maximum absolute atomic E-state index is 12.9. The third-order valence-corrected chi connectivity index (χ3v) is 5.15. The van der Waals surface area contributed by atoms with E-state index in [-0.39, 0.29) is 11.6 Å². The Labute approximate surface area is 120 Å². The summed E-state index contributed by atoms with van der Waals surface area (Å²) in [5.74, 6) is 0.0383. The topological polar surface area (TPSA) is 43.8 Å². The van der Waals surface area contributed by atoms with E-state index in [0.29, 0.717) is 0 Å². The minimum atomic E-state index is -0.792. The van der Waals surface area contributed by atoms with Gasteiger partial charge in [0, 0.05) is 13.6 Å². The molecular formula is C16H22N2O2. The molecule has 1 aromatic carbocycles. The quantitative estimate of drug-likeness (QED) is 0.894. The van der Waals surface area contributed by atoms with E-state index in [0.717, 1.165) is 24.9 Å². The molecule has 108 valence electrons. The number of rotatable bonds is 2. The molecule has 0 bridgehead atoms. The summed E-state index contributed by atoms with van der Waals surface area (Å²) in [6, 6.07) is 9.53. The van der Waals surface area contributed by atoms with Gasteiger partial charge in [-0.1, -0.05) is 30.3 Å². The number of nitrogens with zero attached hydrogens (tertiary/aromatic N) is 2. The molecule has 1 aromatic rings. The van der Waals surface area contributed by atoms with Crippen molar-refractivity contribution in [2.24, 2.45) is 0 Å². The summed E-state index contributed by atoms with van der Waals surface area (Å²) in [6.45, 7) is 4.96. The van der Waals surface area contributed by atoms with E-state index in [1.807, 2.05) is 37.4 Å². The lowest BCUT2D eigenvalue weighted by Gasteiger charge is -2.39. The Morgan fingerprint density at radius 3 is 2.55 bits per heavy atom. The molecule has 2 heterocycles. The van der Waals surface area contributed by atoms with Gasteiger partial charge < -0.3 is 10.0 Å². The third kappa shape index (κ3) is 1.52. The molecule has 4 heteroatoms. The average Bonchev–Trinajstić information content (AvgIpc) is 2.96. The van der Waals surface area contributed by atoms with E-state index in [4.69, 9.17) is 0 Å². The second-order valence-corrected chi connectivity index (χ2v) is 6.35. The van der Waals surface area contributed by atoms with Crippen LogP contribution in [-0.4, -0.2) is 45.6 Å². The Hall–Kier alpha value is -1.39. The number of hydrogen-bond donors (Lipinski definition) is 1. The van der Waals surface area contributed by atoms with Crippen LogP contribution in [0.5, 0.6) is 0 Å². The van der Waals surface area contributed by atoms with E-state index >= 15 is 0 Å². The maximum atomic E-state index is 12.9. The standard InChI is InChI=1S/C16H22N2O2/c1-15(2)17(3)14(20)16(10-7-11-18(15)16)13(19)12-8-5-4-6-9-12/h4-6,8-9,13,19H,7,10-11H2,1-3H3. The van der Waals surface area contributed by atoms with Crippen LogP contribution in [0.3, 0.4) is 0 Å². The van der Waals surface area contributed by atoms with Gasteiger partial charge in [0.1, 0.15) is 11.6 Å². The van der Waals surface area contributed by atoms with Crippen LogP contribution >= 0.6 is 0 Å². The van der Waals surface area contributed by atoms with E-state index in [2.05, 4.69) is 18.7 Å². The lowest BCUT2D eigenvalue weighted by Crippen LogP contribution is -2.53. The summed E-state index contributed by atoms with van der Waals surface area (Å²) in [5.41, 5.74) is -0.318. The lowest BCUT2D eigenvalue weighted by atomic mass is 9.85. The molecule has 1 N–H and O–H groups in total. The molecular weight excluding hydrogens is 252 g/mol. The number of hydrogen-bond acceptors (Lipinski definition) is 3. The highest BCUT2D eigenvalue weighted by Crippen LogP contribution is 2.50. The van der Waals surface area contributed by atoms with Crippen LogP contribution in [-0.2, 0) is 4.79 Å². The number of carbonyl (C=O) groups is 1. The maximum Gasteiger partial charge on any atom is 0.247 e. The predicted octanol–water partition coefficient (Wildman–Crippen LogP) is 1.76. The fraction of sp³-hybridized carbons (Fsp3) is 0.562. The van der Waals surface area contributed by atoms with Crippen molar-refractivity contribution in [2.45, 2.75) is 44.0 Å². The summed E-state index contributed by atoms with van der Waals surface area (Å²) in [7, 11) is 1.83. The lowest BCUT2D eigenvalue weighted by molar-refractivity contribution is -0.137. The fourth-order valence-electron chi connectivity index (χ4n) is 3.86. The first kappa shape index (κ1) is 13.6. The first-order chi connectivity index (χ1) is 9.42. The van der Waals surface area contributed by atoms with E-state index in [1.54, 1.807) is 4.90 Å². The van der Waals surface area contributed by atoms with Crippen molar-refractivity contribution in [1.29, 1.82) is 0 Å². The van der Waals surface area contributed by atoms with E-state index in [1.165, 1.54) is 0 Å². The van der Waals surface area contributed by atoms with Crippen molar-refractivity contribution in [3.63, 3.8) is 0 Å². The average molecular weight is 274 g/mol. The molecule has 2 aliphatic rings. The SMILES string of the molecule is CN1C(=O)C2(C(O)c3ccccc3)CCCN2C1(C)C. The van der Waals surface area contributed by atoms with Crippen molar-refractivity contribution >= 4 is 5.91 Å². The van der Waals surface area contributed by atoms with Gasteiger partial charge in [-0.25, -0.2) is 0 Å². The van der Waals surface area contributed by atoms with Crippen LogP contribution in [0.2, 0.25) is 0 Å². The molecule has 0 saturated carbocycles. The molecule has 2 fully saturated rings. The van der Waals surface area contributed by atoms with Gasteiger partial charge in [-0.05, 0) is 32.3 Å². The van der Waals surface area contributed by atoms with E-state index < -0.39 is 11.6 Å². The zero-order valence-electron chi connectivity index (χ0n) is 12.3. The molecule has 0 aromatic heterocycles. The smallest absolute Gasteiger partial charge is 0.247 e. The van der Waals surface area contributed by atoms with Crippen LogP contribution in [0.4, 0.5) is 0 Å². The fourth-order valence-corrected chi connectivity index (χ4v) is 3.86. The van der Waals surface area contributed by atoms with Gasteiger partial charge in [0.05, 0.1) is 5.66 Å². The first-order valence-electron chi connectivity index (χ1n) is 7.21. The van der Waals surface area contributed by atoms with Crippen LogP contribution in [0.15, 0.2) is 30.3 Å². The normalized spacial score (nSPS) is 30.6. The van der Waals surface area contributed by atoms with Crippen molar-refractivity contribution in [1.82, 2.24) is 9.80 Å². The zero-order chi connectivity index (χ0) is 14.5. The van der Waals surface area contributed by atoms with Gasteiger partial charge >= 0.3 is 0 Å². The van der Waals surface area contributed by atoms with Gasteiger partial charge in [-0.3, -0.25) is 9.69 Å².